The minimum atomic E-state index is 0.514. The van der Waals surface area contributed by atoms with Gasteiger partial charge >= 0.3 is 0 Å². The molecule has 182 valence electrons. The fraction of sp³-hybridized carbons (Fsp3) is 0.100. The monoisotopic (exact) mass is 495 g/mol. The summed E-state index contributed by atoms with van der Waals surface area (Å²) in [6.07, 6.45) is 8.73. The number of aryl methyl sites for hydroxylation is 2. The van der Waals surface area contributed by atoms with Crippen molar-refractivity contribution in [2.24, 2.45) is 7.05 Å². The minimum absolute atomic E-state index is 0.514. The van der Waals surface area contributed by atoms with Crippen molar-refractivity contribution in [3.05, 3.63) is 84.1 Å². The molecule has 0 fully saturated rings. The first kappa shape index (κ1) is 21.9. The SMILES string of the molecule is C#Cc1cnc2cc(-c3c4c5c(ncnc5n3C)NCc3cc(Oc5cccc(C)n5)ccc3-4)ccc2n1. The van der Waals surface area contributed by atoms with E-state index in [1.165, 1.54) is 0 Å². The summed E-state index contributed by atoms with van der Waals surface area (Å²) in [7, 11) is 2.03. The highest BCUT2D eigenvalue weighted by Crippen LogP contribution is 2.46. The lowest BCUT2D eigenvalue weighted by Crippen LogP contribution is -2.03. The van der Waals surface area contributed by atoms with Crippen molar-refractivity contribution in [3.63, 3.8) is 0 Å². The van der Waals surface area contributed by atoms with Crippen LogP contribution in [0, 0.1) is 19.3 Å². The number of hydrogen-bond donors (Lipinski definition) is 1. The number of nitrogens with one attached hydrogen (secondary N) is 1. The maximum atomic E-state index is 6.10. The van der Waals surface area contributed by atoms with Crippen molar-refractivity contribution in [2.45, 2.75) is 13.5 Å². The Bertz CT molecular complexity index is 1950. The van der Waals surface area contributed by atoms with E-state index in [0.717, 1.165) is 67.3 Å². The molecule has 1 aliphatic heterocycles. The second-order valence-electron chi connectivity index (χ2n) is 9.20. The second-order valence-corrected chi connectivity index (χ2v) is 9.20. The van der Waals surface area contributed by atoms with Crippen LogP contribution in [0.1, 0.15) is 17.0 Å². The zero-order valence-electron chi connectivity index (χ0n) is 20.7. The lowest BCUT2D eigenvalue weighted by Gasteiger charge is -2.14. The largest absolute Gasteiger partial charge is 0.439 e. The Kier molecular flexibility index (Phi) is 4.85. The van der Waals surface area contributed by atoms with Crippen molar-refractivity contribution in [1.29, 1.82) is 0 Å². The molecule has 0 radical (unpaired) electrons. The van der Waals surface area contributed by atoms with Gasteiger partial charge in [0.1, 0.15) is 29.2 Å². The fourth-order valence-electron chi connectivity index (χ4n) is 5.11. The van der Waals surface area contributed by atoms with Gasteiger partial charge in [-0.15, -0.1) is 6.42 Å². The van der Waals surface area contributed by atoms with Gasteiger partial charge in [-0.25, -0.2) is 19.9 Å². The van der Waals surface area contributed by atoms with E-state index in [9.17, 15) is 0 Å². The highest BCUT2D eigenvalue weighted by atomic mass is 16.5. The lowest BCUT2D eigenvalue weighted by atomic mass is 9.95. The first-order chi connectivity index (χ1) is 18.6. The zero-order chi connectivity index (χ0) is 25.8. The third-order valence-corrected chi connectivity index (χ3v) is 6.81. The van der Waals surface area contributed by atoms with E-state index >= 15 is 0 Å². The van der Waals surface area contributed by atoms with E-state index < -0.39 is 0 Å². The molecule has 0 unspecified atom stereocenters. The summed E-state index contributed by atoms with van der Waals surface area (Å²) in [5.74, 6) is 4.63. The summed E-state index contributed by atoms with van der Waals surface area (Å²) in [5, 5.41) is 4.48. The molecule has 8 nitrogen and oxygen atoms in total. The Morgan fingerprint density at radius 3 is 2.79 bits per heavy atom. The van der Waals surface area contributed by atoms with Crippen LogP contribution >= 0.6 is 0 Å². The number of pyridine rings is 1. The molecule has 1 aliphatic rings. The molecule has 0 saturated heterocycles. The molecule has 1 N–H and O–H groups in total. The topological polar surface area (TPSA) is 90.6 Å². The number of nitrogens with zero attached hydrogens (tertiary/aromatic N) is 6. The average Bonchev–Trinajstić information content (AvgIpc) is 3.13. The Hall–Kier alpha value is -5.29. The first-order valence-corrected chi connectivity index (χ1v) is 12.1. The normalized spacial score (nSPS) is 12.0. The van der Waals surface area contributed by atoms with E-state index in [1.807, 2.05) is 56.4 Å². The summed E-state index contributed by atoms with van der Waals surface area (Å²) < 4.78 is 8.21. The lowest BCUT2D eigenvalue weighted by molar-refractivity contribution is 0.461. The first-order valence-electron chi connectivity index (χ1n) is 12.1. The Morgan fingerprint density at radius 2 is 1.92 bits per heavy atom. The summed E-state index contributed by atoms with van der Waals surface area (Å²) in [5.41, 5.74) is 9.04. The van der Waals surface area contributed by atoms with Crippen LogP contribution in [-0.4, -0.2) is 29.5 Å². The maximum Gasteiger partial charge on any atom is 0.219 e. The van der Waals surface area contributed by atoms with Crippen molar-refractivity contribution >= 4 is 27.9 Å². The van der Waals surface area contributed by atoms with Crippen LogP contribution in [0.15, 0.2) is 67.1 Å². The molecular formula is C30H21N7O. The molecule has 0 amide bonds. The molecule has 4 aromatic heterocycles. The summed E-state index contributed by atoms with van der Waals surface area (Å²) in [6.45, 7) is 2.54. The van der Waals surface area contributed by atoms with Gasteiger partial charge < -0.3 is 14.6 Å². The van der Waals surface area contributed by atoms with Crippen molar-refractivity contribution in [1.82, 2.24) is 29.5 Å². The summed E-state index contributed by atoms with van der Waals surface area (Å²) in [6, 6.07) is 17.9. The molecule has 0 atom stereocenters. The van der Waals surface area contributed by atoms with Crippen LogP contribution in [0.2, 0.25) is 0 Å². The third kappa shape index (κ3) is 3.44. The van der Waals surface area contributed by atoms with Crippen LogP contribution in [0.5, 0.6) is 11.6 Å². The van der Waals surface area contributed by atoms with E-state index in [2.05, 4.69) is 52.9 Å². The van der Waals surface area contributed by atoms with Crippen molar-refractivity contribution < 1.29 is 4.74 Å². The van der Waals surface area contributed by atoms with Gasteiger partial charge in [0.05, 0.1) is 28.3 Å². The van der Waals surface area contributed by atoms with E-state index in [-0.39, 0.29) is 0 Å². The number of terminal acetylenes is 1. The number of hydrogen-bond acceptors (Lipinski definition) is 7. The highest BCUT2D eigenvalue weighted by Gasteiger charge is 2.27. The second kappa shape index (κ2) is 8.39. The van der Waals surface area contributed by atoms with Gasteiger partial charge in [0.15, 0.2) is 0 Å². The van der Waals surface area contributed by atoms with Gasteiger partial charge in [-0.2, -0.15) is 0 Å². The molecule has 7 rings (SSSR count). The molecular weight excluding hydrogens is 474 g/mol. The average molecular weight is 496 g/mol. The number of fused-ring (bicyclic) bond motifs is 3. The third-order valence-electron chi connectivity index (χ3n) is 6.81. The molecule has 0 saturated carbocycles. The minimum Gasteiger partial charge on any atom is -0.439 e. The van der Waals surface area contributed by atoms with Gasteiger partial charge in [0.2, 0.25) is 5.88 Å². The molecule has 0 spiro atoms. The van der Waals surface area contributed by atoms with Crippen molar-refractivity contribution in [2.75, 3.05) is 5.32 Å². The van der Waals surface area contributed by atoms with Crippen LogP contribution < -0.4 is 10.1 Å². The van der Waals surface area contributed by atoms with Crippen LogP contribution in [-0.2, 0) is 13.6 Å². The number of benzene rings is 2. The zero-order valence-corrected chi connectivity index (χ0v) is 20.7. The standard InChI is InChI=1S/C30H21N7O/c1-4-20-15-31-24-13-18(8-11-23(24)36-20)28-26-22-10-9-21(38-25-7-5-6-17(2)35-25)12-19(22)14-32-29-27(26)30(37(28)3)34-16-33-29/h1,5-13,15-16H,14H2,2-3H3,(H,32,33,34). The van der Waals surface area contributed by atoms with Gasteiger partial charge in [-0.1, -0.05) is 18.2 Å². The van der Waals surface area contributed by atoms with Crippen molar-refractivity contribution in [3.8, 4) is 46.4 Å². The van der Waals surface area contributed by atoms with Gasteiger partial charge in [0.25, 0.3) is 0 Å². The predicted octanol–water partition coefficient (Wildman–Crippen LogP) is 5.65. The molecule has 2 aromatic carbocycles. The molecule has 0 aliphatic carbocycles. The fourth-order valence-corrected chi connectivity index (χ4v) is 5.11. The van der Waals surface area contributed by atoms with Gasteiger partial charge in [-0.3, -0.25) is 4.98 Å². The number of rotatable bonds is 3. The van der Waals surface area contributed by atoms with Gasteiger partial charge in [0, 0.05) is 36.5 Å². The number of aromatic nitrogens is 6. The quantitative estimate of drug-likeness (QED) is 0.317. The summed E-state index contributed by atoms with van der Waals surface area (Å²) >= 11 is 0. The van der Waals surface area contributed by atoms with E-state index in [1.54, 1.807) is 12.5 Å². The van der Waals surface area contributed by atoms with E-state index in [0.29, 0.717) is 18.1 Å². The van der Waals surface area contributed by atoms with Gasteiger partial charge in [-0.05, 0) is 54.3 Å². The van der Waals surface area contributed by atoms with Crippen LogP contribution in [0.3, 0.4) is 0 Å². The molecule has 5 heterocycles. The van der Waals surface area contributed by atoms with Crippen LogP contribution in [0.4, 0.5) is 5.82 Å². The summed E-state index contributed by atoms with van der Waals surface area (Å²) in [4.78, 5) is 22.8. The van der Waals surface area contributed by atoms with E-state index in [4.69, 9.17) is 11.2 Å². The molecule has 8 heteroatoms. The Balaban J connectivity index is 1.42. The Labute approximate surface area is 218 Å². The molecule has 38 heavy (non-hydrogen) atoms. The highest BCUT2D eigenvalue weighted by molar-refractivity contribution is 6.10. The number of anilines is 1. The maximum absolute atomic E-state index is 6.10. The Morgan fingerprint density at radius 1 is 1.00 bits per heavy atom. The molecule has 6 aromatic rings. The predicted molar refractivity (Wildman–Crippen MR) is 147 cm³/mol. The van der Waals surface area contributed by atoms with Crippen LogP contribution in [0.25, 0.3) is 44.5 Å². The smallest absolute Gasteiger partial charge is 0.219 e. The molecule has 0 bridgehead atoms. The number of ether oxygens (including phenoxy) is 1.